The predicted molar refractivity (Wildman–Crippen MR) is 96.2 cm³/mol. The van der Waals surface area contributed by atoms with E-state index in [0.29, 0.717) is 10.0 Å². The Morgan fingerprint density at radius 2 is 1.73 bits per heavy atom. The molecule has 0 spiro atoms. The van der Waals surface area contributed by atoms with E-state index < -0.39 is 0 Å². The Bertz CT molecular complexity index is 638. The molecular weight excluding hydrogens is 337 g/mol. The Morgan fingerprint density at radius 1 is 1.14 bits per heavy atom. The standard InChI is InChI=1S/C17H17Cl2NOS/c1-3-12-7-9-13(10-8-12)20-17(21)11(2)22-16-14(18)5-4-6-15(16)19/h4-11H,3H2,1-2H3,(H,20,21)/t11-/m0/s1. The highest BCUT2D eigenvalue weighted by atomic mass is 35.5. The Labute approximate surface area is 145 Å². The van der Waals surface area contributed by atoms with Crippen LogP contribution in [0.15, 0.2) is 47.4 Å². The van der Waals surface area contributed by atoms with Gasteiger partial charge in [0.2, 0.25) is 5.91 Å². The average molecular weight is 354 g/mol. The van der Waals surface area contributed by atoms with E-state index in [1.165, 1.54) is 17.3 Å². The second-order valence-electron chi connectivity index (χ2n) is 4.85. The van der Waals surface area contributed by atoms with Crippen molar-refractivity contribution in [2.75, 3.05) is 5.32 Å². The van der Waals surface area contributed by atoms with Crippen molar-refractivity contribution in [3.63, 3.8) is 0 Å². The quantitative estimate of drug-likeness (QED) is 0.701. The lowest BCUT2D eigenvalue weighted by Crippen LogP contribution is -2.22. The zero-order valence-electron chi connectivity index (χ0n) is 12.4. The van der Waals surface area contributed by atoms with E-state index in [1.54, 1.807) is 18.2 Å². The van der Waals surface area contributed by atoms with Crippen LogP contribution in [0.1, 0.15) is 19.4 Å². The molecule has 2 aromatic rings. The molecule has 0 fully saturated rings. The number of benzene rings is 2. The molecule has 0 aromatic heterocycles. The van der Waals surface area contributed by atoms with Crippen LogP contribution < -0.4 is 5.32 Å². The molecule has 2 aromatic carbocycles. The van der Waals surface area contributed by atoms with Crippen LogP contribution in [0.3, 0.4) is 0 Å². The second kappa shape index (κ2) is 7.91. The first-order valence-corrected chi connectivity index (χ1v) is 8.65. The fourth-order valence-electron chi connectivity index (χ4n) is 1.89. The highest BCUT2D eigenvalue weighted by Crippen LogP contribution is 2.36. The number of nitrogens with one attached hydrogen (secondary N) is 1. The summed E-state index contributed by atoms with van der Waals surface area (Å²) in [4.78, 5) is 13.0. The largest absolute Gasteiger partial charge is 0.325 e. The molecule has 0 saturated heterocycles. The van der Waals surface area contributed by atoms with Gasteiger partial charge in [-0.25, -0.2) is 0 Å². The number of thioether (sulfide) groups is 1. The maximum Gasteiger partial charge on any atom is 0.237 e. The predicted octanol–water partition coefficient (Wildman–Crippen LogP) is 5.68. The van der Waals surface area contributed by atoms with Crippen LogP contribution in [0.5, 0.6) is 0 Å². The average Bonchev–Trinajstić information content (AvgIpc) is 2.51. The Balaban J connectivity index is 2.02. The number of carbonyl (C=O) groups is 1. The van der Waals surface area contributed by atoms with Crippen LogP contribution in [0.4, 0.5) is 5.69 Å². The third-order valence-electron chi connectivity index (χ3n) is 3.21. The highest BCUT2D eigenvalue weighted by Gasteiger charge is 2.17. The van der Waals surface area contributed by atoms with Gasteiger partial charge in [0.25, 0.3) is 0 Å². The SMILES string of the molecule is CCc1ccc(NC(=O)[C@H](C)Sc2c(Cl)cccc2Cl)cc1. The molecule has 0 aliphatic rings. The van der Waals surface area contributed by atoms with Crippen LogP contribution >= 0.6 is 35.0 Å². The summed E-state index contributed by atoms with van der Waals surface area (Å²) in [6.45, 7) is 3.93. The van der Waals surface area contributed by atoms with Gasteiger partial charge in [0, 0.05) is 10.6 Å². The highest BCUT2D eigenvalue weighted by molar-refractivity contribution is 8.00. The third-order valence-corrected chi connectivity index (χ3v) is 5.31. The first-order valence-electron chi connectivity index (χ1n) is 7.01. The molecule has 2 nitrogen and oxygen atoms in total. The number of rotatable bonds is 5. The number of aryl methyl sites for hydroxylation is 1. The molecule has 0 bridgehead atoms. The van der Waals surface area contributed by atoms with Gasteiger partial charge in [-0.3, -0.25) is 4.79 Å². The molecule has 5 heteroatoms. The van der Waals surface area contributed by atoms with E-state index in [2.05, 4.69) is 12.2 Å². The van der Waals surface area contributed by atoms with Gasteiger partial charge in [0.05, 0.1) is 15.3 Å². The van der Waals surface area contributed by atoms with E-state index in [0.717, 1.165) is 17.0 Å². The lowest BCUT2D eigenvalue weighted by molar-refractivity contribution is -0.115. The molecule has 22 heavy (non-hydrogen) atoms. The van der Waals surface area contributed by atoms with Crippen molar-refractivity contribution in [2.45, 2.75) is 30.4 Å². The first-order chi connectivity index (χ1) is 10.5. The monoisotopic (exact) mass is 353 g/mol. The number of halogens is 2. The van der Waals surface area contributed by atoms with E-state index >= 15 is 0 Å². The lowest BCUT2D eigenvalue weighted by Gasteiger charge is -2.14. The van der Waals surface area contributed by atoms with Crippen LogP contribution in [0.25, 0.3) is 0 Å². The summed E-state index contributed by atoms with van der Waals surface area (Å²) in [7, 11) is 0. The van der Waals surface area contributed by atoms with Gasteiger partial charge in [-0.2, -0.15) is 0 Å². The lowest BCUT2D eigenvalue weighted by atomic mass is 10.1. The van der Waals surface area contributed by atoms with Gasteiger partial charge in [0.1, 0.15) is 0 Å². The number of hydrogen-bond acceptors (Lipinski definition) is 2. The normalized spacial score (nSPS) is 12.0. The number of carbonyl (C=O) groups excluding carboxylic acids is 1. The second-order valence-corrected chi connectivity index (χ2v) is 7.02. The summed E-state index contributed by atoms with van der Waals surface area (Å²) in [6, 6.07) is 13.2. The van der Waals surface area contributed by atoms with Crippen molar-refractivity contribution in [1.29, 1.82) is 0 Å². The third kappa shape index (κ3) is 4.42. The summed E-state index contributed by atoms with van der Waals surface area (Å²) >= 11 is 13.6. The summed E-state index contributed by atoms with van der Waals surface area (Å²) in [5.74, 6) is -0.0785. The maximum absolute atomic E-state index is 12.3. The van der Waals surface area contributed by atoms with E-state index in [-0.39, 0.29) is 11.2 Å². The van der Waals surface area contributed by atoms with Crippen LogP contribution in [-0.4, -0.2) is 11.2 Å². The maximum atomic E-state index is 12.3. The van der Waals surface area contributed by atoms with E-state index in [9.17, 15) is 4.79 Å². The van der Waals surface area contributed by atoms with Crippen LogP contribution in [-0.2, 0) is 11.2 Å². The first kappa shape index (κ1) is 17.2. The summed E-state index contributed by atoms with van der Waals surface area (Å²) in [6.07, 6.45) is 0.978. The number of amides is 1. The molecule has 1 amide bonds. The van der Waals surface area contributed by atoms with Crippen molar-refractivity contribution in [3.8, 4) is 0 Å². The van der Waals surface area contributed by atoms with E-state index in [1.807, 2.05) is 31.2 Å². The minimum absolute atomic E-state index is 0.0785. The Morgan fingerprint density at radius 3 is 2.27 bits per heavy atom. The molecule has 2 rings (SSSR count). The molecule has 0 aliphatic heterocycles. The van der Waals surface area contributed by atoms with Crippen molar-refractivity contribution in [3.05, 3.63) is 58.1 Å². The Hall–Kier alpha value is -1.16. The Kier molecular flexibility index (Phi) is 6.18. The smallest absolute Gasteiger partial charge is 0.237 e. The van der Waals surface area contributed by atoms with Gasteiger partial charge < -0.3 is 5.32 Å². The van der Waals surface area contributed by atoms with Crippen LogP contribution in [0.2, 0.25) is 10.0 Å². The molecule has 0 heterocycles. The fourth-order valence-corrected chi connectivity index (χ4v) is 3.44. The van der Waals surface area contributed by atoms with E-state index in [4.69, 9.17) is 23.2 Å². The van der Waals surface area contributed by atoms with Gasteiger partial charge in [-0.15, -0.1) is 11.8 Å². The van der Waals surface area contributed by atoms with Crippen molar-refractivity contribution in [2.24, 2.45) is 0 Å². The zero-order chi connectivity index (χ0) is 16.1. The minimum Gasteiger partial charge on any atom is -0.325 e. The fraction of sp³-hybridized carbons (Fsp3) is 0.235. The number of anilines is 1. The topological polar surface area (TPSA) is 29.1 Å². The number of hydrogen-bond donors (Lipinski definition) is 1. The molecule has 0 unspecified atom stereocenters. The molecule has 0 saturated carbocycles. The molecule has 1 N–H and O–H groups in total. The molecule has 0 radical (unpaired) electrons. The van der Waals surface area contributed by atoms with Crippen molar-refractivity contribution >= 4 is 46.6 Å². The molecule has 1 atom stereocenters. The molecular formula is C17H17Cl2NOS. The molecule has 116 valence electrons. The van der Waals surface area contributed by atoms with Crippen LogP contribution in [0, 0.1) is 0 Å². The minimum atomic E-state index is -0.303. The van der Waals surface area contributed by atoms with Gasteiger partial charge in [0.15, 0.2) is 0 Å². The van der Waals surface area contributed by atoms with Crippen molar-refractivity contribution in [1.82, 2.24) is 0 Å². The van der Waals surface area contributed by atoms with Gasteiger partial charge >= 0.3 is 0 Å². The van der Waals surface area contributed by atoms with Gasteiger partial charge in [-0.1, -0.05) is 48.3 Å². The summed E-state index contributed by atoms with van der Waals surface area (Å²) < 4.78 is 0. The van der Waals surface area contributed by atoms with Crippen molar-refractivity contribution < 1.29 is 4.79 Å². The summed E-state index contributed by atoms with van der Waals surface area (Å²) in [5, 5.41) is 3.72. The van der Waals surface area contributed by atoms with Gasteiger partial charge in [-0.05, 0) is 43.2 Å². The summed E-state index contributed by atoms with van der Waals surface area (Å²) in [5.41, 5.74) is 2.03. The molecule has 0 aliphatic carbocycles. The zero-order valence-corrected chi connectivity index (χ0v) is 14.7.